The van der Waals surface area contributed by atoms with Gasteiger partial charge in [-0.05, 0) is 12.8 Å². The fourth-order valence-corrected chi connectivity index (χ4v) is 2.64. The van der Waals surface area contributed by atoms with Crippen LogP contribution in [0, 0.1) is 0 Å². The maximum atomic E-state index is 12.1. The van der Waals surface area contributed by atoms with Crippen LogP contribution in [-0.4, -0.2) is 37.1 Å². The van der Waals surface area contributed by atoms with Crippen molar-refractivity contribution in [2.45, 2.75) is 24.9 Å². The van der Waals surface area contributed by atoms with Crippen molar-refractivity contribution in [3.63, 3.8) is 0 Å². The average Bonchev–Trinajstić information content (AvgIpc) is 1.96. The van der Waals surface area contributed by atoms with Gasteiger partial charge in [0, 0.05) is 0 Å². The minimum Gasteiger partial charge on any atom is -0.384 e. The maximum absolute atomic E-state index is 12.1. The molecule has 0 radical (unpaired) electrons. The smallest absolute Gasteiger partial charge is 0.266 e. The monoisotopic (exact) mass is 200 g/mol. The van der Waals surface area contributed by atoms with Crippen LogP contribution < -0.4 is 0 Å². The second-order valence-electron chi connectivity index (χ2n) is 3.06. The van der Waals surface area contributed by atoms with E-state index in [-0.39, 0.29) is 24.3 Å². The molecule has 0 aromatic heterocycles. The number of sulfone groups is 1. The summed E-state index contributed by atoms with van der Waals surface area (Å²) in [6.07, 6.45) is -3.56. The predicted octanol–water partition coefficient (Wildman–Crippen LogP) is 0.191. The largest absolute Gasteiger partial charge is 0.384 e. The van der Waals surface area contributed by atoms with Gasteiger partial charge < -0.3 is 5.11 Å². The second kappa shape index (κ2) is 2.92. The van der Waals surface area contributed by atoms with Crippen molar-refractivity contribution in [3.05, 3.63) is 0 Å². The molecule has 1 aliphatic heterocycles. The Bertz CT molecular complexity index is 246. The van der Waals surface area contributed by atoms with Gasteiger partial charge in [0.1, 0.15) is 5.60 Å². The molecule has 1 rings (SSSR count). The Morgan fingerprint density at radius 2 is 1.67 bits per heavy atom. The first-order valence-electron chi connectivity index (χ1n) is 3.57. The molecule has 1 fully saturated rings. The molecule has 0 unspecified atom stereocenters. The van der Waals surface area contributed by atoms with E-state index in [1.165, 1.54) is 0 Å². The molecule has 3 nitrogen and oxygen atoms in total. The molecule has 0 aromatic carbocycles. The van der Waals surface area contributed by atoms with Crippen LogP contribution in [0.2, 0.25) is 0 Å². The topological polar surface area (TPSA) is 54.4 Å². The molecule has 0 saturated carbocycles. The van der Waals surface area contributed by atoms with Crippen molar-refractivity contribution in [1.82, 2.24) is 0 Å². The molecule has 1 N–H and O–H groups in total. The van der Waals surface area contributed by atoms with Gasteiger partial charge in [-0.15, -0.1) is 0 Å². The lowest BCUT2D eigenvalue weighted by Crippen LogP contribution is -2.44. The zero-order valence-electron chi connectivity index (χ0n) is 6.33. The molecule has 6 heteroatoms. The van der Waals surface area contributed by atoms with Crippen LogP contribution in [0.15, 0.2) is 0 Å². The minimum absolute atomic E-state index is 0.339. The lowest BCUT2D eigenvalue weighted by Gasteiger charge is -2.30. The van der Waals surface area contributed by atoms with Crippen LogP contribution in [0.3, 0.4) is 0 Å². The summed E-state index contributed by atoms with van der Waals surface area (Å²) in [6, 6.07) is 0. The molecule has 1 aliphatic rings. The Kier molecular flexibility index (Phi) is 2.40. The van der Waals surface area contributed by atoms with Crippen molar-refractivity contribution in [2.24, 2.45) is 0 Å². The van der Waals surface area contributed by atoms with Gasteiger partial charge in [-0.1, -0.05) is 0 Å². The maximum Gasteiger partial charge on any atom is 0.266 e. The van der Waals surface area contributed by atoms with Crippen molar-refractivity contribution >= 4 is 9.84 Å². The summed E-state index contributed by atoms with van der Waals surface area (Å²) in [5.74, 6) is -0.679. The Labute approximate surface area is 69.3 Å². The molecule has 0 spiro atoms. The highest BCUT2D eigenvalue weighted by atomic mass is 32.2. The molecule has 0 aromatic rings. The summed E-state index contributed by atoms with van der Waals surface area (Å²) < 4.78 is 45.8. The molecule has 72 valence electrons. The van der Waals surface area contributed by atoms with Crippen LogP contribution in [-0.2, 0) is 9.84 Å². The van der Waals surface area contributed by atoms with Crippen LogP contribution in [0.1, 0.15) is 12.8 Å². The van der Waals surface area contributed by atoms with Gasteiger partial charge in [-0.25, -0.2) is 17.2 Å². The number of halogens is 2. The third kappa shape index (κ3) is 1.92. The summed E-state index contributed by atoms with van der Waals surface area (Å²) in [7, 11) is -3.18. The van der Waals surface area contributed by atoms with E-state index in [1.807, 2.05) is 0 Å². The lowest BCUT2D eigenvalue weighted by atomic mass is 9.98. The first-order valence-corrected chi connectivity index (χ1v) is 5.39. The number of alkyl halides is 2. The highest BCUT2D eigenvalue weighted by Crippen LogP contribution is 2.29. The molecule has 0 aliphatic carbocycles. The second-order valence-corrected chi connectivity index (χ2v) is 5.36. The molecule has 12 heavy (non-hydrogen) atoms. The van der Waals surface area contributed by atoms with Crippen molar-refractivity contribution < 1.29 is 22.3 Å². The van der Waals surface area contributed by atoms with E-state index >= 15 is 0 Å². The van der Waals surface area contributed by atoms with E-state index in [0.717, 1.165) is 0 Å². The Hall–Kier alpha value is -0.230. The van der Waals surface area contributed by atoms with E-state index in [0.29, 0.717) is 0 Å². The van der Waals surface area contributed by atoms with Gasteiger partial charge in [0.15, 0.2) is 9.84 Å². The summed E-state index contributed by atoms with van der Waals surface area (Å²) >= 11 is 0. The van der Waals surface area contributed by atoms with E-state index in [1.54, 1.807) is 0 Å². The van der Waals surface area contributed by atoms with Crippen LogP contribution in [0.5, 0.6) is 0 Å². The SMILES string of the molecule is O=S1(=O)CCC(O)(C(F)F)CC1. The Morgan fingerprint density at radius 3 is 2.00 bits per heavy atom. The van der Waals surface area contributed by atoms with E-state index in [2.05, 4.69) is 0 Å². The van der Waals surface area contributed by atoms with Crippen LogP contribution >= 0.6 is 0 Å². The fraction of sp³-hybridized carbons (Fsp3) is 1.00. The molecule has 0 atom stereocenters. The van der Waals surface area contributed by atoms with Crippen LogP contribution in [0.4, 0.5) is 8.78 Å². The van der Waals surface area contributed by atoms with Crippen molar-refractivity contribution in [3.8, 4) is 0 Å². The number of rotatable bonds is 1. The highest BCUT2D eigenvalue weighted by Gasteiger charge is 2.42. The molecular weight excluding hydrogens is 190 g/mol. The summed E-state index contributed by atoms with van der Waals surface area (Å²) in [5.41, 5.74) is -2.08. The fourth-order valence-electron chi connectivity index (χ4n) is 1.11. The summed E-state index contributed by atoms with van der Waals surface area (Å²) in [6.45, 7) is 0. The van der Waals surface area contributed by atoms with E-state index in [4.69, 9.17) is 5.11 Å². The predicted molar refractivity (Wildman–Crippen MR) is 38.8 cm³/mol. The van der Waals surface area contributed by atoms with Gasteiger partial charge in [-0.3, -0.25) is 0 Å². The Morgan fingerprint density at radius 1 is 1.25 bits per heavy atom. The van der Waals surface area contributed by atoms with Crippen molar-refractivity contribution in [1.29, 1.82) is 0 Å². The first-order chi connectivity index (χ1) is 5.36. The third-order valence-electron chi connectivity index (χ3n) is 2.10. The van der Waals surface area contributed by atoms with Crippen LogP contribution in [0.25, 0.3) is 0 Å². The molecule has 0 bridgehead atoms. The van der Waals surface area contributed by atoms with Gasteiger partial charge in [0.25, 0.3) is 6.43 Å². The number of aliphatic hydroxyl groups is 1. The molecular formula is C6H10F2O3S. The van der Waals surface area contributed by atoms with Crippen molar-refractivity contribution in [2.75, 3.05) is 11.5 Å². The zero-order valence-corrected chi connectivity index (χ0v) is 7.15. The Balaban J connectivity index is 2.68. The standard InChI is InChI=1S/C6H10F2O3S/c7-5(8)6(9)1-3-12(10,11)4-2-6/h5,9H,1-4H2. The first kappa shape index (κ1) is 9.85. The molecule has 1 saturated heterocycles. The zero-order chi connectivity index (χ0) is 9.41. The van der Waals surface area contributed by atoms with Gasteiger partial charge in [0.05, 0.1) is 11.5 Å². The number of hydrogen-bond donors (Lipinski definition) is 1. The van der Waals surface area contributed by atoms with E-state index < -0.39 is 21.9 Å². The average molecular weight is 200 g/mol. The lowest BCUT2D eigenvalue weighted by molar-refractivity contribution is -0.101. The summed E-state index contributed by atoms with van der Waals surface area (Å²) in [5, 5.41) is 9.17. The quantitative estimate of drug-likeness (QED) is 0.657. The summed E-state index contributed by atoms with van der Waals surface area (Å²) in [4.78, 5) is 0. The number of hydrogen-bond acceptors (Lipinski definition) is 3. The van der Waals surface area contributed by atoms with Gasteiger partial charge in [-0.2, -0.15) is 0 Å². The van der Waals surface area contributed by atoms with Gasteiger partial charge >= 0.3 is 0 Å². The molecule has 1 heterocycles. The minimum atomic E-state index is -3.18. The third-order valence-corrected chi connectivity index (χ3v) is 3.75. The van der Waals surface area contributed by atoms with E-state index in [9.17, 15) is 17.2 Å². The van der Waals surface area contributed by atoms with Gasteiger partial charge in [0.2, 0.25) is 0 Å². The highest BCUT2D eigenvalue weighted by molar-refractivity contribution is 7.91. The normalized spacial score (nSPS) is 27.3. The molecule has 0 amide bonds.